The van der Waals surface area contributed by atoms with Gasteiger partial charge < -0.3 is 10.7 Å². The van der Waals surface area contributed by atoms with Crippen LogP contribution in [0.15, 0.2) is 24.5 Å². The zero-order valence-electron chi connectivity index (χ0n) is 5.33. The van der Waals surface area contributed by atoms with Gasteiger partial charge in [-0.3, -0.25) is 0 Å². The highest BCUT2D eigenvalue weighted by Gasteiger charge is 1.93. The van der Waals surface area contributed by atoms with Crippen molar-refractivity contribution in [1.82, 2.24) is 9.97 Å². The van der Waals surface area contributed by atoms with Gasteiger partial charge >= 0.3 is 0 Å². The highest BCUT2D eigenvalue weighted by Crippen LogP contribution is 2.11. The van der Waals surface area contributed by atoms with Crippen molar-refractivity contribution in [3.05, 3.63) is 24.5 Å². The van der Waals surface area contributed by atoms with Crippen molar-refractivity contribution in [2.75, 3.05) is 5.73 Å². The lowest BCUT2D eigenvalue weighted by Gasteiger charge is -1.89. The average Bonchev–Trinajstić information content (AvgIpc) is 2.33. The van der Waals surface area contributed by atoms with Crippen LogP contribution in [0, 0.1) is 0 Å². The first-order valence-corrected chi connectivity index (χ1v) is 3.05. The highest BCUT2D eigenvalue weighted by atomic mass is 14.8. The molecule has 0 aliphatic heterocycles. The van der Waals surface area contributed by atoms with Crippen LogP contribution in [0.3, 0.4) is 0 Å². The lowest BCUT2D eigenvalue weighted by Crippen LogP contribution is -1.87. The zero-order valence-corrected chi connectivity index (χ0v) is 5.33. The van der Waals surface area contributed by atoms with Crippen LogP contribution in [0.25, 0.3) is 10.9 Å². The molecule has 3 nitrogen and oxygen atoms in total. The van der Waals surface area contributed by atoms with Crippen LogP contribution >= 0.6 is 0 Å². The SMILES string of the molecule is Nc1ccc2c[nH]cc2n1. The fourth-order valence-corrected chi connectivity index (χ4v) is 0.949. The molecule has 0 unspecified atom stereocenters. The molecular formula is C7H7N3. The predicted molar refractivity (Wildman–Crippen MR) is 40.5 cm³/mol. The van der Waals surface area contributed by atoms with Crippen LogP contribution in [-0.4, -0.2) is 9.97 Å². The predicted octanol–water partition coefficient (Wildman–Crippen LogP) is 1.15. The summed E-state index contributed by atoms with van der Waals surface area (Å²) >= 11 is 0. The first-order valence-electron chi connectivity index (χ1n) is 3.05. The number of rotatable bonds is 0. The van der Waals surface area contributed by atoms with Gasteiger partial charge in [-0.25, -0.2) is 4.98 Å². The molecule has 0 aliphatic carbocycles. The number of nitrogen functional groups attached to an aromatic ring is 1. The van der Waals surface area contributed by atoms with Gasteiger partial charge in [-0.05, 0) is 12.1 Å². The van der Waals surface area contributed by atoms with Gasteiger partial charge in [0.2, 0.25) is 0 Å². The number of nitrogens with zero attached hydrogens (tertiary/aromatic N) is 1. The van der Waals surface area contributed by atoms with Crippen molar-refractivity contribution in [2.24, 2.45) is 0 Å². The summed E-state index contributed by atoms with van der Waals surface area (Å²) in [6.07, 6.45) is 3.72. The van der Waals surface area contributed by atoms with E-state index in [1.165, 1.54) is 0 Å². The lowest BCUT2D eigenvalue weighted by atomic mass is 10.3. The molecule has 2 rings (SSSR count). The number of fused-ring (bicyclic) bond motifs is 1. The van der Waals surface area contributed by atoms with E-state index in [1.807, 2.05) is 18.5 Å². The number of H-pyrrole nitrogens is 1. The van der Waals surface area contributed by atoms with Crippen LogP contribution in [0.1, 0.15) is 0 Å². The molecule has 0 aliphatic rings. The molecule has 0 spiro atoms. The lowest BCUT2D eigenvalue weighted by molar-refractivity contribution is 1.39. The minimum Gasteiger partial charge on any atom is -0.384 e. The van der Waals surface area contributed by atoms with E-state index in [2.05, 4.69) is 9.97 Å². The molecule has 2 heterocycles. The maximum atomic E-state index is 5.46. The van der Waals surface area contributed by atoms with E-state index >= 15 is 0 Å². The smallest absolute Gasteiger partial charge is 0.124 e. The van der Waals surface area contributed by atoms with E-state index in [4.69, 9.17) is 5.73 Å². The Bertz CT molecular complexity index is 350. The molecule has 0 bridgehead atoms. The second-order valence-corrected chi connectivity index (χ2v) is 2.17. The van der Waals surface area contributed by atoms with Crippen molar-refractivity contribution in [2.45, 2.75) is 0 Å². The van der Waals surface area contributed by atoms with E-state index in [-0.39, 0.29) is 0 Å². The summed E-state index contributed by atoms with van der Waals surface area (Å²) in [6.45, 7) is 0. The fraction of sp³-hybridized carbons (Fsp3) is 0. The Morgan fingerprint density at radius 1 is 1.30 bits per heavy atom. The molecule has 2 aromatic heterocycles. The molecule has 0 radical (unpaired) electrons. The molecule has 0 saturated carbocycles. The molecule has 0 atom stereocenters. The third-order valence-corrected chi connectivity index (χ3v) is 1.44. The third kappa shape index (κ3) is 0.639. The Hall–Kier alpha value is -1.51. The molecule has 10 heavy (non-hydrogen) atoms. The summed E-state index contributed by atoms with van der Waals surface area (Å²) in [4.78, 5) is 7.03. The van der Waals surface area contributed by atoms with Gasteiger partial charge in [0, 0.05) is 17.8 Å². The van der Waals surface area contributed by atoms with Crippen LogP contribution in [0.4, 0.5) is 5.82 Å². The Morgan fingerprint density at radius 2 is 2.20 bits per heavy atom. The normalized spacial score (nSPS) is 10.4. The summed E-state index contributed by atoms with van der Waals surface area (Å²) in [5, 5.41) is 1.09. The first-order chi connectivity index (χ1) is 4.86. The Labute approximate surface area is 57.9 Å². The third-order valence-electron chi connectivity index (χ3n) is 1.44. The van der Waals surface area contributed by atoms with Gasteiger partial charge in [-0.1, -0.05) is 0 Å². The Balaban J connectivity index is 2.86. The summed E-state index contributed by atoms with van der Waals surface area (Å²) in [5.74, 6) is 0.562. The van der Waals surface area contributed by atoms with E-state index in [9.17, 15) is 0 Å². The molecule has 0 fully saturated rings. The molecule has 50 valence electrons. The first kappa shape index (κ1) is 5.29. The van der Waals surface area contributed by atoms with Crippen molar-refractivity contribution < 1.29 is 0 Å². The number of hydrogen-bond acceptors (Lipinski definition) is 2. The van der Waals surface area contributed by atoms with Crippen LogP contribution in [0.5, 0.6) is 0 Å². The molecule has 0 aromatic carbocycles. The molecular weight excluding hydrogens is 126 g/mol. The second-order valence-electron chi connectivity index (χ2n) is 2.17. The zero-order chi connectivity index (χ0) is 6.97. The van der Waals surface area contributed by atoms with Crippen LogP contribution < -0.4 is 5.73 Å². The number of nitrogens with two attached hydrogens (primary N) is 1. The quantitative estimate of drug-likeness (QED) is 0.566. The van der Waals surface area contributed by atoms with E-state index in [0.717, 1.165) is 10.9 Å². The maximum Gasteiger partial charge on any atom is 0.124 e. The van der Waals surface area contributed by atoms with Crippen molar-refractivity contribution >= 4 is 16.7 Å². The number of pyridine rings is 1. The molecule has 3 N–H and O–H groups in total. The van der Waals surface area contributed by atoms with Gasteiger partial charge in [0.05, 0.1) is 5.52 Å². The standard InChI is InChI=1S/C7H7N3/c8-7-2-1-5-3-9-4-6(5)10-7/h1-4,9H,(H2,8,10). The highest BCUT2D eigenvalue weighted by molar-refractivity contribution is 5.79. The number of anilines is 1. The van der Waals surface area contributed by atoms with Crippen molar-refractivity contribution in [3.8, 4) is 0 Å². The Kier molecular flexibility index (Phi) is 0.917. The number of aromatic nitrogens is 2. The second kappa shape index (κ2) is 1.73. The fourth-order valence-electron chi connectivity index (χ4n) is 0.949. The molecule has 0 saturated heterocycles. The minimum atomic E-state index is 0.562. The maximum absolute atomic E-state index is 5.46. The Morgan fingerprint density at radius 3 is 3.10 bits per heavy atom. The summed E-state index contributed by atoms with van der Waals surface area (Å²) in [6, 6.07) is 3.73. The van der Waals surface area contributed by atoms with Crippen molar-refractivity contribution in [3.63, 3.8) is 0 Å². The number of nitrogens with one attached hydrogen (secondary N) is 1. The summed E-state index contributed by atoms with van der Waals surface area (Å²) < 4.78 is 0. The molecule has 3 heteroatoms. The number of aromatic amines is 1. The van der Waals surface area contributed by atoms with Gasteiger partial charge in [0.25, 0.3) is 0 Å². The van der Waals surface area contributed by atoms with E-state index in [0.29, 0.717) is 5.82 Å². The van der Waals surface area contributed by atoms with Gasteiger partial charge in [0.1, 0.15) is 5.82 Å². The summed E-state index contributed by atoms with van der Waals surface area (Å²) in [5.41, 5.74) is 6.37. The largest absolute Gasteiger partial charge is 0.384 e. The van der Waals surface area contributed by atoms with E-state index in [1.54, 1.807) is 6.07 Å². The van der Waals surface area contributed by atoms with Crippen LogP contribution in [-0.2, 0) is 0 Å². The molecule has 0 amide bonds. The minimum absolute atomic E-state index is 0.562. The average molecular weight is 133 g/mol. The van der Waals surface area contributed by atoms with Gasteiger partial charge in [-0.2, -0.15) is 0 Å². The van der Waals surface area contributed by atoms with Crippen molar-refractivity contribution in [1.29, 1.82) is 0 Å². The van der Waals surface area contributed by atoms with Gasteiger partial charge in [0.15, 0.2) is 0 Å². The van der Waals surface area contributed by atoms with Gasteiger partial charge in [-0.15, -0.1) is 0 Å². The molecule has 2 aromatic rings. The van der Waals surface area contributed by atoms with E-state index < -0.39 is 0 Å². The van der Waals surface area contributed by atoms with Crippen LogP contribution in [0.2, 0.25) is 0 Å². The summed E-state index contributed by atoms with van der Waals surface area (Å²) in [7, 11) is 0. The monoisotopic (exact) mass is 133 g/mol. The number of hydrogen-bond donors (Lipinski definition) is 2. The topological polar surface area (TPSA) is 54.7 Å².